The molecule has 1 fully saturated rings. The van der Waals surface area contributed by atoms with Crippen LogP contribution in [0.3, 0.4) is 0 Å². The quantitative estimate of drug-likeness (QED) is 0.414. The standard InChI is InChI=1S/C6H10O2/c1-2-3-6(4-7)5-8-6/h2-3,7H,4-5H2,1H3. The van der Waals surface area contributed by atoms with Gasteiger partial charge >= 0.3 is 0 Å². The van der Waals surface area contributed by atoms with Gasteiger partial charge in [-0.3, -0.25) is 0 Å². The Bertz CT molecular complexity index is 103. The van der Waals surface area contributed by atoms with Crippen LogP contribution in [0.25, 0.3) is 0 Å². The number of rotatable bonds is 2. The fraction of sp³-hybridized carbons (Fsp3) is 0.667. The lowest BCUT2D eigenvalue weighted by Gasteiger charge is -1.96. The molecule has 2 heteroatoms. The summed E-state index contributed by atoms with van der Waals surface area (Å²) >= 11 is 0. The van der Waals surface area contributed by atoms with E-state index in [0.717, 1.165) is 0 Å². The molecule has 0 aromatic heterocycles. The zero-order chi connectivity index (χ0) is 6.04. The number of aliphatic hydroxyl groups excluding tert-OH is 1. The maximum absolute atomic E-state index is 8.61. The third kappa shape index (κ3) is 0.904. The van der Waals surface area contributed by atoms with E-state index in [1.807, 2.05) is 19.1 Å². The Kier molecular flexibility index (Phi) is 1.36. The fourth-order valence-electron chi connectivity index (χ4n) is 0.637. The second kappa shape index (κ2) is 1.88. The van der Waals surface area contributed by atoms with Gasteiger partial charge in [0, 0.05) is 0 Å². The molecule has 46 valence electrons. The molecule has 1 atom stereocenters. The molecule has 2 nitrogen and oxygen atoms in total. The smallest absolute Gasteiger partial charge is 0.133 e. The second-order valence-corrected chi connectivity index (χ2v) is 2.01. The summed E-state index contributed by atoms with van der Waals surface area (Å²) in [5.74, 6) is 0. The van der Waals surface area contributed by atoms with Gasteiger partial charge in [0.2, 0.25) is 0 Å². The van der Waals surface area contributed by atoms with Crippen LogP contribution in [0.1, 0.15) is 6.92 Å². The van der Waals surface area contributed by atoms with Gasteiger partial charge in [-0.1, -0.05) is 12.2 Å². The van der Waals surface area contributed by atoms with Gasteiger partial charge < -0.3 is 9.84 Å². The third-order valence-electron chi connectivity index (χ3n) is 1.25. The molecule has 0 bridgehead atoms. The number of ether oxygens (including phenoxy) is 1. The van der Waals surface area contributed by atoms with E-state index in [1.54, 1.807) is 0 Å². The van der Waals surface area contributed by atoms with Crippen LogP contribution in [-0.4, -0.2) is 23.9 Å². The zero-order valence-electron chi connectivity index (χ0n) is 4.92. The molecule has 1 unspecified atom stereocenters. The van der Waals surface area contributed by atoms with Crippen LogP contribution in [0.2, 0.25) is 0 Å². The molecule has 0 amide bonds. The molecular formula is C6H10O2. The Morgan fingerprint density at radius 3 is 2.62 bits per heavy atom. The van der Waals surface area contributed by atoms with Crippen LogP contribution in [-0.2, 0) is 4.74 Å². The summed E-state index contributed by atoms with van der Waals surface area (Å²) in [6, 6.07) is 0. The van der Waals surface area contributed by atoms with E-state index in [1.165, 1.54) is 0 Å². The maximum Gasteiger partial charge on any atom is 0.133 e. The van der Waals surface area contributed by atoms with Gasteiger partial charge in [-0.05, 0) is 6.92 Å². The molecule has 0 aliphatic carbocycles. The van der Waals surface area contributed by atoms with Crippen molar-refractivity contribution in [3.63, 3.8) is 0 Å². The van der Waals surface area contributed by atoms with E-state index >= 15 is 0 Å². The predicted molar refractivity (Wildman–Crippen MR) is 30.6 cm³/mol. The van der Waals surface area contributed by atoms with Crippen molar-refractivity contribution >= 4 is 0 Å². The average Bonchev–Trinajstić information content (AvgIpc) is 2.50. The van der Waals surface area contributed by atoms with Gasteiger partial charge in [0.15, 0.2) is 0 Å². The lowest BCUT2D eigenvalue weighted by Crippen LogP contribution is -2.11. The lowest BCUT2D eigenvalue weighted by molar-refractivity contribution is 0.203. The molecule has 1 aliphatic heterocycles. The van der Waals surface area contributed by atoms with Crippen molar-refractivity contribution in [3.8, 4) is 0 Å². The van der Waals surface area contributed by atoms with E-state index in [0.29, 0.717) is 6.61 Å². The predicted octanol–water partition coefficient (Wildman–Crippen LogP) is 0.324. The van der Waals surface area contributed by atoms with Crippen molar-refractivity contribution in [1.29, 1.82) is 0 Å². The molecule has 1 heterocycles. The molecule has 0 spiro atoms. The van der Waals surface area contributed by atoms with Crippen LogP contribution in [0, 0.1) is 0 Å². The van der Waals surface area contributed by atoms with Gasteiger partial charge in [0.25, 0.3) is 0 Å². The number of hydrogen-bond donors (Lipinski definition) is 1. The highest BCUT2D eigenvalue weighted by atomic mass is 16.6. The van der Waals surface area contributed by atoms with Crippen LogP contribution in [0.4, 0.5) is 0 Å². The Labute approximate surface area is 48.8 Å². The van der Waals surface area contributed by atoms with Crippen molar-refractivity contribution in [2.75, 3.05) is 13.2 Å². The van der Waals surface area contributed by atoms with Gasteiger partial charge in [-0.2, -0.15) is 0 Å². The Hall–Kier alpha value is -0.340. The van der Waals surface area contributed by atoms with Crippen molar-refractivity contribution in [2.24, 2.45) is 0 Å². The Balaban J connectivity index is 2.41. The Morgan fingerprint density at radius 2 is 2.50 bits per heavy atom. The first-order valence-electron chi connectivity index (χ1n) is 2.72. The molecule has 1 aliphatic rings. The van der Waals surface area contributed by atoms with Crippen molar-refractivity contribution in [1.82, 2.24) is 0 Å². The van der Waals surface area contributed by atoms with Gasteiger partial charge in [0.05, 0.1) is 13.2 Å². The summed E-state index contributed by atoms with van der Waals surface area (Å²) in [6.45, 7) is 2.70. The number of aliphatic hydroxyl groups is 1. The molecule has 1 N–H and O–H groups in total. The molecule has 8 heavy (non-hydrogen) atoms. The maximum atomic E-state index is 8.61. The van der Waals surface area contributed by atoms with E-state index < -0.39 is 0 Å². The van der Waals surface area contributed by atoms with Crippen LogP contribution < -0.4 is 0 Å². The molecular weight excluding hydrogens is 104 g/mol. The largest absolute Gasteiger partial charge is 0.393 e. The summed E-state index contributed by atoms with van der Waals surface area (Å²) < 4.78 is 4.95. The minimum absolute atomic E-state index is 0.108. The molecule has 1 saturated heterocycles. The Morgan fingerprint density at radius 1 is 1.88 bits per heavy atom. The summed E-state index contributed by atoms with van der Waals surface area (Å²) in [4.78, 5) is 0. The first-order chi connectivity index (χ1) is 3.83. The van der Waals surface area contributed by atoms with Crippen molar-refractivity contribution < 1.29 is 9.84 Å². The molecule has 0 aromatic carbocycles. The minimum atomic E-state index is -0.283. The summed E-state index contributed by atoms with van der Waals surface area (Å²) in [5, 5.41) is 8.61. The van der Waals surface area contributed by atoms with Gasteiger partial charge in [0.1, 0.15) is 5.60 Å². The number of epoxide rings is 1. The summed E-state index contributed by atoms with van der Waals surface area (Å²) in [5.41, 5.74) is -0.283. The average molecular weight is 114 g/mol. The highest BCUT2D eigenvalue weighted by Crippen LogP contribution is 2.27. The van der Waals surface area contributed by atoms with E-state index in [2.05, 4.69) is 0 Å². The monoisotopic (exact) mass is 114 g/mol. The van der Waals surface area contributed by atoms with Crippen molar-refractivity contribution in [3.05, 3.63) is 12.2 Å². The highest BCUT2D eigenvalue weighted by Gasteiger charge is 2.40. The molecule has 1 rings (SSSR count). The van der Waals surface area contributed by atoms with Gasteiger partial charge in [-0.25, -0.2) is 0 Å². The topological polar surface area (TPSA) is 32.8 Å². The number of hydrogen-bond acceptors (Lipinski definition) is 2. The summed E-state index contributed by atoms with van der Waals surface area (Å²) in [7, 11) is 0. The van der Waals surface area contributed by atoms with E-state index in [-0.39, 0.29) is 12.2 Å². The SMILES string of the molecule is CC=CC1(CO)CO1. The third-order valence-corrected chi connectivity index (χ3v) is 1.25. The van der Waals surface area contributed by atoms with Gasteiger partial charge in [-0.15, -0.1) is 0 Å². The molecule has 0 radical (unpaired) electrons. The molecule has 0 saturated carbocycles. The van der Waals surface area contributed by atoms with Crippen LogP contribution in [0.5, 0.6) is 0 Å². The second-order valence-electron chi connectivity index (χ2n) is 2.01. The highest BCUT2D eigenvalue weighted by molar-refractivity contribution is 5.09. The number of allylic oxidation sites excluding steroid dienone is 1. The minimum Gasteiger partial charge on any atom is -0.393 e. The zero-order valence-corrected chi connectivity index (χ0v) is 4.92. The first kappa shape index (κ1) is 5.79. The lowest BCUT2D eigenvalue weighted by atomic mass is 10.2. The van der Waals surface area contributed by atoms with Crippen LogP contribution >= 0.6 is 0 Å². The van der Waals surface area contributed by atoms with E-state index in [4.69, 9.17) is 9.84 Å². The van der Waals surface area contributed by atoms with Crippen molar-refractivity contribution in [2.45, 2.75) is 12.5 Å². The summed E-state index contributed by atoms with van der Waals surface area (Å²) in [6.07, 6.45) is 3.77. The normalized spacial score (nSPS) is 36.2. The van der Waals surface area contributed by atoms with E-state index in [9.17, 15) is 0 Å². The molecule has 0 aromatic rings. The van der Waals surface area contributed by atoms with Crippen LogP contribution in [0.15, 0.2) is 12.2 Å². The fourth-order valence-corrected chi connectivity index (χ4v) is 0.637. The first-order valence-corrected chi connectivity index (χ1v) is 2.72.